The summed E-state index contributed by atoms with van der Waals surface area (Å²) in [7, 11) is 0. The molecule has 1 heterocycles. The Kier molecular flexibility index (Phi) is 4.81. The van der Waals surface area contributed by atoms with Gasteiger partial charge in [-0.05, 0) is 41.3 Å². The zero-order valence-electron chi connectivity index (χ0n) is 15.3. The van der Waals surface area contributed by atoms with Crippen molar-refractivity contribution in [2.24, 2.45) is 5.92 Å². The standard InChI is InChI=1S/C21H23FN2O2/c1-21(2,3)15-7-9-18(10-8-15)24-13-14(11-19(24)25)20(26)23-17-6-4-5-16(22)12-17/h4-10,12,14H,11,13H2,1-3H3,(H,23,26). The maximum absolute atomic E-state index is 13.2. The lowest BCUT2D eigenvalue weighted by Crippen LogP contribution is -2.28. The van der Waals surface area contributed by atoms with E-state index in [1.807, 2.05) is 24.3 Å². The lowest BCUT2D eigenvalue weighted by molar-refractivity contribution is -0.122. The van der Waals surface area contributed by atoms with Gasteiger partial charge in [0.25, 0.3) is 0 Å². The number of benzene rings is 2. The fourth-order valence-electron chi connectivity index (χ4n) is 3.08. The first-order valence-corrected chi connectivity index (χ1v) is 8.71. The molecule has 26 heavy (non-hydrogen) atoms. The lowest BCUT2D eigenvalue weighted by atomic mass is 9.87. The van der Waals surface area contributed by atoms with Gasteiger partial charge >= 0.3 is 0 Å². The number of amides is 2. The highest BCUT2D eigenvalue weighted by Gasteiger charge is 2.35. The molecule has 0 aromatic heterocycles. The Balaban J connectivity index is 1.69. The maximum Gasteiger partial charge on any atom is 0.229 e. The molecule has 0 spiro atoms. The maximum atomic E-state index is 13.2. The van der Waals surface area contributed by atoms with Crippen LogP contribution in [0, 0.1) is 11.7 Å². The number of carbonyl (C=O) groups excluding carboxylic acids is 2. The molecule has 1 unspecified atom stereocenters. The van der Waals surface area contributed by atoms with Crippen LogP contribution in [0.3, 0.4) is 0 Å². The molecule has 1 N–H and O–H groups in total. The van der Waals surface area contributed by atoms with Gasteiger partial charge in [0, 0.05) is 24.3 Å². The number of nitrogens with zero attached hydrogens (tertiary/aromatic N) is 1. The monoisotopic (exact) mass is 354 g/mol. The van der Waals surface area contributed by atoms with Crippen molar-refractivity contribution >= 4 is 23.2 Å². The van der Waals surface area contributed by atoms with E-state index < -0.39 is 11.7 Å². The average Bonchev–Trinajstić information content (AvgIpc) is 2.96. The van der Waals surface area contributed by atoms with Crippen molar-refractivity contribution in [2.75, 3.05) is 16.8 Å². The molecule has 1 aliphatic rings. The van der Waals surface area contributed by atoms with E-state index in [-0.39, 0.29) is 23.7 Å². The molecule has 4 nitrogen and oxygen atoms in total. The summed E-state index contributed by atoms with van der Waals surface area (Å²) in [5.74, 6) is -1.20. The highest BCUT2D eigenvalue weighted by atomic mass is 19.1. The molecule has 1 saturated heterocycles. The van der Waals surface area contributed by atoms with Gasteiger partial charge in [-0.1, -0.05) is 39.0 Å². The summed E-state index contributed by atoms with van der Waals surface area (Å²) in [6.07, 6.45) is 0.155. The van der Waals surface area contributed by atoms with Crippen LogP contribution in [-0.2, 0) is 15.0 Å². The third kappa shape index (κ3) is 3.93. The van der Waals surface area contributed by atoms with E-state index >= 15 is 0 Å². The van der Waals surface area contributed by atoms with Gasteiger partial charge in [0.15, 0.2) is 0 Å². The summed E-state index contributed by atoms with van der Waals surface area (Å²) >= 11 is 0. The molecule has 1 fully saturated rings. The summed E-state index contributed by atoms with van der Waals surface area (Å²) in [5, 5.41) is 2.69. The summed E-state index contributed by atoms with van der Waals surface area (Å²) in [4.78, 5) is 26.4. The molecule has 3 rings (SSSR count). The fraction of sp³-hybridized carbons (Fsp3) is 0.333. The van der Waals surface area contributed by atoms with Crippen LogP contribution < -0.4 is 10.2 Å². The second-order valence-corrected chi connectivity index (χ2v) is 7.70. The first-order valence-electron chi connectivity index (χ1n) is 8.71. The third-order valence-corrected chi connectivity index (χ3v) is 4.63. The normalized spacial score (nSPS) is 17.5. The number of hydrogen-bond acceptors (Lipinski definition) is 2. The lowest BCUT2D eigenvalue weighted by Gasteiger charge is -2.21. The highest BCUT2D eigenvalue weighted by Crippen LogP contribution is 2.29. The van der Waals surface area contributed by atoms with Gasteiger partial charge in [-0.2, -0.15) is 0 Å². The molecule has 0 bridgehead atoms. The Hall–Kier alpha value is -2.69. The minimum atomic E-state index is -0.451. The van der Waals surface area contributed by atoms with Crippen LogP contribution >= 0.6 is 0 Å². The van der Waals surface area contributed by atoms with Crippen LogP contribution in [0.15, 0.2) is 48.5 Å². The number of carbonyl (C=O) groups is 2. The van der Waals surface area contributed by atoms with Gasteiger partial charge in [-0.3, -0.25) is 9.59 Å². The van der Waals surface area contributed by atoms with Crippen molar-refractivity contribution in [3.8, 4) is 0 Å². The topological polar surface area (TPSA) is 49.4 Å². The zero-order chi connectivity index (χ0) is 18.9. The largest absolute Gasteiger partial charge is 0.326 e. The number of hydrogen-bond donors (Lipinski definition) is 1. The number of halogens is 1. The van der Waals surface area contributed by atoms with Crippen LogP contribution in [0.2, 0.25) is 0 Å². The summed E-state index contributed by atoms with van der Waals surface area (Å²) < 4.78 is 13.2. The van der Waals surface area contributed by atoms with Crippen molar-refractivity contribution in [2.45, 2.75) is 32.6 Å². The van der Waals surface area contributed by atoms with Crippen LogP contribution in [0.1, 0.15) is 32.8 Å². The predicted octanol–water partition coefficient (Wildman–Crippen LogP) is 4.11. The Labute approximate surface area is 153 Å². The van der Waals surface area contributed by atoms with E-state index in [2.05, 4.69) is 26.1 Å². The molecule has 2 aromatic carbocycles. The molecule has 0 saturated carbocycles. The van der Waals surface area contributed by atoms with Crippen LogP contribution in [-0.4, -0.2) is 18.4 Å². The molecule has 136 valence electrons. The molecular formula is C21H23FN2O2. The number of rotatable bonds is 3. The molecule has 1 aliphatic heterocycles. The molecule has 0 radical (unpaired) electrons. The molecular weight excluding hydrogens is 331 g/mol. The zero-order valence-corrected chi connectivity index (χ0v) is 15.3. The Morgan fingerprint density at radius 1 is 1.15 bits per heavy atom. The summed E-state index contributed by atoms with van der Waals surface area (Å²) in [6, 6.07) is 13.6. The van der Waals surface area contributed by atoms with Crippen molar-refractivity contribution in [1.29, 1.82) is 0 Å². The van der Waals surface area contributed by atoms with Gasteiger partial charge in [0.05, 0.1) is 5.92 Å². The molecule has 5 heteroatoms. The highest BCUT2D eigenvalue weighted by molar-refractivity contribution is 6.03. The summed E-state index contributed by atoms with van der Waals surface area (Å²) in [5.41, 5.74) is 2.42. The minimum Gasteiger partial charge on any atom is -0.326 e. The fourth-order valence-corrected chi connectivity index (χ4v) is 3.08. The Morgan fingerprint density at radius 2 is 1.85 bits per heavy atom. The second-order valence-electron chi connectivity index (χ2n) is 7.70. The van der Waals surface area contributed by atoms with Gasteiger partial charge < -0.3 is 10.2 Å². The van der Waals surface area contributed by atoms with Crippen molar-refractivity contribution in [3.05, 3.63) is 59.9 Å². The van der Waals surface area contributed by atoms with Crippen LogP contribution in [0.5, 0.6) is 0 Å². The smallest absolute Gasteiger partial charge is 0.229 e. The van der Waals surface area contributed by atoms with Crippen molar-refractivity contribution < 1.29 is 14.0 Å². The van der Waals surface area contributed by atoms with E-state index in [9.17, 15) is 14.0 Å². The van der Waals surface area contributed by atoms with E-state index in [4.69, 9.17) is 0 Å². The van der Waals surface area contributed by atoms with Crippen LogP contribution in [0.4, 0.5) is 15.8 Å². The van der Waals surface area contributed by atoms with E-state index in [1.165, 1.54) is 23.8 Å². The van der Waals surface area contributed by atoms with Gasteiger partial charge in [-0.25, -0.2) is 4.39 Å². The predicted molar refractivity (Wildman–Crippen MR) is 101 cm³/mol. The Bertz CT molecular complexity index is 825. The quantitative estimate of drug-likeness (QED) is 0.902. The number of nitrogens with one attached hydrogen (secondary N) is 1. The molecule has 2 amide bonds. The molecule has 0 aliphatic carbocycles. The van der Waals surface area contributed by atoms with E-state index in [0.29, 0.717) is 12.2 Å². The van der Waals surface area contributed by atoms with Gasteiger partial charge in [0.1, 0.15) is 5.82 Å². The average molecular weight is 354 g/mol. The van der Waals surface area contributed by atoms with E-state index in [0.717, 1.165) is 5.69 Å². The first-order chi connectivity index (χ1) is 12.2. The third-order valence-electron chi connectivity index (χ3n) is 4.63. The van der Waals surface area contributed by atoms with E-state index in [1.54, 1.807) is 11.0 Å². The Morgan fingerprint density at radius 3 is 2.46 bits per heavy atom. The number of anilines is 2. The SMILES string of the molecule is CC(C)(C)c1ccc(N2CC(C(=O)Nc3cccc(F)c3)CC2=O)cc1. The molecule has 2 aromatic rings. The molecule has 1 atom stereocenters. The minimum absolute atomic E-state index is 0.0426. The first kappa shape index (κ1) is 18.1. The van der Waals surface area contributed by atoms with Gasteiger partial charge in [0.2, 0.25) is 11.8 Å². The van der Waals surface area contributed by atoms with Gasteiger partial charge in [-0.15, -0.1) is 0 Å². The van der Waals surface area contributed by atoms with Crippen molar-refractivity contribution in [1.82, 2.24) is 0 Å². The second kappa shape index (κ2) is 6.90. The summed E-state index contributed by atoms with van der Waals surface area (Å²) in [6.45, 7) is 6.73. The van der Waals surface area contributed by atoms with Crippen molar-refractivity contribution in [3.63, 3.8) is 0 Å². The van der Waals surface area contributed by atoms with Crippen LogP contribution in [0.25, 0.3) is 0 Å².